The molecule has 2 atom stereocenters. The lowest BCUT2D eigenvalue weighted by atomic mass is 10.2. The Morgan fingerprint density at radius 3 is 2.36 bits per heavy atom. The van der Waals surface area contributed by atoms with E-state index in [4.69, 9.17) is 15.3 Å². The van der Waals surface area contributed by atoms with Crippen LogP contribution in [0.25, 0.3) is 0 Å². The van der Waals surface area contributed by atoms with E-state index in [0.29, 0.717) is 6.42 Å². The molecule has 3 nitrogen and oxygen atoms in total. The highest BCUT2D eigenvalue weighted by molar-refractivity contribution is 4.93. The van der Waals surface area contributed by atoms with Crippen molar-refractivity contribution in [1.29, 1.82) is 0 Å². The van der Waals surface area contributed by atoms with E-state index in [2.05, 4.69) is 6.58 Å². The summed E-state index contributed by atoms with van der Waals surface area (Å²) in [5, 5.41) is 26.1. The average molecular weight is 158 g/mol. The third kappa shape index (κ3) is 5.79. The minimum absolute atomic E-state index is 0.291. The lowest BCUT2D eigenvalue weighted by Gasteiger charge is -2.00. The van der Waals surface area contributed by atoms with Gasteiger partial charge in [0.25, 0.3) is 0 Å². The first-order chi connectivity index (χ1) is 5.20. The van der Waals surface area contributed by atoms with Crippen molar-refractivity contribution in [3.63, 3.8) is 0 Å². The average Bonchev–Trinajstić information content (AvgIpc) is 2.04. The van der Waals surface area contributed by atoms with Crippen molar-refractivity contribution in [3.8, 4) is 0 Å². The molecule has 64 valence electrons. The van der Waals surface area contributed by atoms with Crippen LogP contribution >= 0.6 is 0 Å². The Kier molecular flexibility index (Phi) is 5.74. The van der Waals surface area contributed by atoms with Gasteiger partial charge in [-0.2, -0.15) is 0 Å². The third-order valence-corrected chi connectivity index (χ3v) is 1.19. The van der Waals surface area contributed by atoms with Crippen LogP contribution in [-0.2, 0) is 0 Å². The van der Waals surface area contributed by atoms with E-state index in [9.17, 15) is 0 Å². The van der Waals surface area contributed by atoms with Crippen LogP contribution < -0.4 is 0 Å². The van der Waals surface area contributed by atoms with Crippen LogP contribution in [0.3, 0.4) is 0 Å². The molecular weight excluding hydrogens is 144 g/mol. The molecule has 3 N–H and O–H groups in total. The van der Waals surface area contributed by atoms with Gasteiger partial charge in [0, 0.05) is 0 Å². The van der Waals surface area contributed by atoms with Gasteiger partial charge in [0.1, 0.15) is 0 Å². The Balaban J connectivity index is 3.50. The van der Waals surface area contributed by atoms with Crippen LogP contribution in [0.15, 0.2) is 24.8 Å². The zero-order valence-corrected chi connectivity index (χ0v) is 6.35. The smallest absolute Gasteiger partial charge is 0.0951 e. The summed E-state index contributed by atoms with van der Waals surface area (Å²) in [6, 6.07) is 0. The first-order valence-electron chi connectivity index (χ1n) is 3.47. The highest BCUT2D eigenvalue weighted by atomic mass is 16.3. The van der Waals surface area contributed by atoms with Gasteiger partial charge in [-0.1, -0.05) is 18.2 Å². The number of aliphatic hydroxyl groups excluding tert-OH is 3. The third-order valence-electron chi connectivity index (χ3n) is 1.19. The molecule has 0 aromatic rings. The molecule has 0 aromatic heterocycles. The van der Waals surface area contributed by atoms with Crippen LogP contribution in [0.5, 0.6) is 0 Å². The fourth-order valence-electron chi connectivity index (χ4n) is 0.532. The van der Waals surface area contributed by atoms with E-state index in [1.165, 1.54) is 12.2 Å². The SMILES string of the molecule is C=C[C@@H](O)C/C=C\[C@H](O)CO. The first kappa shape index (κ1) is 10.4. The molecule has 0 saturated carbocycles. The van der Waals surface area contributed by atoms with Gasteiger partial charge < -0.3 is 15.3 Å². The van der Waals surface area contributed by atoms with Crippen molar-refractivity contribution in [1.82, 2.24) is 0 Å². The largest absolute Gasteiger partial charge is 0.393 e. The maximum atomic E-state index is 8.93. The van der Waals surface area contributed by atoms with E-state index in [1.807, 2.05) is 0 Å². The van der Waals surface area contributed by atoms with Crippen molar-refractivity contribution in [2.75, 3.05) is 6.61 Å². The van der Waals surface area contributed by atoms with Gasteiger partial charge in [-0.25, -0.2) is 0 Å². The van der Waals surface area contributed by atoms with Gasteiger partial charge in [-0.05, 0) is 6.42 Å². The fourth-order valence-corrected chi connectivity index (χ4v) is 0.532. The maximum absolute atomic E-state index is 8.93. The summed E-state index contributed by atoms with van der Waals surface area (Å²) in [6.07, 6.45) is 3.47. The minimum Gasteiger partial charge on any atom is -0.393 e. The predicted octanol–water partition coefficient (Wildman–Crippen LogP) is -0.167. The van der Waals surface area contributed by atoms with E-state index in [0.717, 1.165) is 0 Å². The molecule has 0 spiro atoms. The van der Waals surface area contributed by atoms with Crippen molar-refractivity contribution in [3.05, 3.63) is 24.8 Å². The van der Waals surface area contributed by atoms with Crippen molar-refractivity contribution in [2.45, 2.75) is 18.6 Å². The molecule has 0 aliphatic rings. The summed E-state index contributed by atoms with van der Waals surface area (Å²) < 4.78 is 0. The molecule has 0 saturated heterocycles. The standard InChI is InChI=1S/C8H14O3/c1-2-7(10)4-3-5-8(11)6-9/h2-3,5,7-11H,1,4,6H2/b5-3-/t7-,8+/m1/s1. The van der Waals surface area contributed by atoms with Gasteiger partial charge >= 0.3 is 0 Å². The highest BCUT2D eigenvalue weighted by Gasteiger charge is 1.95. The van der Waals surface area contributed by atoms with E-state index < -0.39 is 12.2 Å². The lowest BCUT2D eigenvalue weighted by Crippen LogP contribution is -2.07. The van der Waals surface area contributed by atoms with Crippen LogP contribution in [0, 0.1) is 0 Å². The Morgan fingerprint density at radius 2 is 1.91 bits per heavy atom. The van der Waals surface area contributed by atoms with Crippen molar-refractivity contribution < 1.29 is 15.3 Å². The zero-order chi connectivity index (χ0) is 8.69. The molecule has 3 heteroatoms. The van der Waals surface area contributed by atoms with E-state index in [-0.39, 0.29) is 6.61 Å². The molecule has 11 heavy (non-hydrogen) atoms. The second-order valence-electron chi connectivity index (χ2n) is 2.22. The predicted molar refractivity (Wildman–Crippen MR) is 43.1 cm³/mol. The summed E-state index contributed by atoms with van der Waals surface area (Å²) >= 11 is 0. The minimum atomic E-state index is -0.827. The molecule has 0 unspecified atom stereocenters. The molecule has 0 rings (SSSR count). The van der Waals surface area contributed by atoms with Crippen molar-refractivity contribution >= 4 is 0 Å². The number of hydrogen-bond acceptors (Lipinski definition) is 3. The summed E-state index contributed by atoms with van der Waals surface area (Å²) in [7, 11) is 0. The molecule has 0 radical (unpaired) electrons. The van der Waals surface area contributed by atoms with Crippen LogP contribution in [0.2, 0.25) is 0 Å². The summed E-state index contributed by atoms with van der Waals surface area (Å²) in [6.45, 7) is 3.09. The van der Waals surface area contributed by atoms with Gasteiger partial charge in [0.05, 0.1) is 18.8 Å². The second kappa shape index (κ2) is 6.09. The van der Waals surface area contributed by atoms with Crippen LogP contribution in [0.1, 0.15) is 6.42 Å². The first-order valence-corrected chi connectivity index (χ1v) is 3.47. The summed E-state index contributed by atoms with van der Waals surface area (Å²) in [5.74, 6) is 0. The monoisotopic (exact) mass is 158 g/mol. The molecular formula is C8H14O3. The van der Waals surface area contributed by atoms with Crippen LogP contribution in [0.4, 0.5) is 0 Å². The molecule has 0 aliphatic heterocycles. The Labute approximate surface area is 66.3 Å². The number of rotatable bonds is 5. The number of aliphatic hydroxyl groups is 3. The molecule has 0 heterocycles. The molecule has 0 amide bonds. The van der Waals surface area contributed by atoms with Crippen LogP contribution in [-0.4, -0.2) is 34.1 Å². The molecule has 0 bridgehead atoms. The Bertz CT molecular complexity index is 131. The van der Waals surface area contributed by atoms with Gasteiger partial charge in [0.2, 0.25) is 0 Å². The van der Waals surface area contributed by atoms with E-state index in [1.54, 1.807) is 6.08 Å². The normalized spacial score (nSPS) is 16.6. The van der Waals surface area contributed by atoms with Crippen molar-refractivity contribution in [2.24, 2.45) is 0 Å². The summed E-state index contributed by atoms with van der Waals surface area (Å²) in [4.78, 5) is 0. The van der Waals surface area contributed by atoms with E-state index >= 15 is 0 Å². The Morgan fingerprint density at radius 1 is 1.27 bits per heavy atom. The quantitative estimate of drug-likeness (QED) is 0.487. The highest BCUT2D eigenvalue weighted by Crippen LogP contribution is 1.94. The molecule has 0 fully saturated rings. The second-order valence-corrected chi connectivity index (χ2v) is 2.22. The van der Waals surface area contributed by atoms with Gasteiger partial charge in [-0.15, -0.1) is 6.58 Å². The molecule has 0 aliphatic carbocycles. The van der Waals surface area contributed by atoms with Gasteiger partial charge in [-0.3, -0.25) is 0 Å². The lowest BCUT2D eigenvalue weighted by molar-refractivity contribution is 0.130. The van der Waals surface area contributed by atoms with Gasteiger partial charge in [0.15, 0.2) is 0 Å². The summed E-state index contributed by atoms with van der Waals surface area (Å²) in [5.41, 5.74) is 0. The fraction of sp³-hybridized carbons (Fsp3) is 0.500. The Hall–Kier alpha value is -0.640. The zero-order valence-electron chi connectivity index (χ0n) is 6.35. The molecule has 0 aromatic carbocycles. The maximum Gasteiger partial charge on any atom is 0.0951 e. The topological polar surface area (TPSA) is 60.7 Å². The number of hydrogen-bond donors (Lipinski definition) is 3.